The fraction of sp³-hybridized carbons (Fsp3) is 0.625. The molecule has 1 amide bonds. The first kappa shape index (κ1) is 13.7. The summed E-state index contributed by atoms with van der Waals surface area (Å²) in [7, 11) is 1.20. The Morgan fingerprint density at radius 1 is 1.53 bits per heavy atom. The lowest BCUT2D eigenvalue weighted by atomic mass is 10.3. The molecule has 0 aliphatic heterocycles. The lowest BCUT2D eigenvalue weighted by Crippen LogP contribution is -2.28. The third-order valence-electron chi connectivity index (χ3n) is 1.37. The number of hydrogen-bond acceptors (Lipinski definition) is 5. The molecule has 1 N–H and O–H groups in total. The molecule has 0 aliphatic carbocycles. The average molecular weight is 237 g/mol. The molecule has 86 valence electrons. The third kappa shape index (κ3) is 5.21. The van der Waals surface area contributed by atoms with E-state index in [0.29, 0.717) is 0 Å². The molecule has 0 saturated heterocycles. The molecule has 0 bridgehead atoms. The number of esters is 1. The number of amides is 1. The van der Waals surface area contributed by atoms with E-state index in [4.69, 9.17) is 11.6 Å². The fourth-order valence-electron chi connectivity index (χ4n) is 0.622. The topological polar surface area (TPSA) is 77.0 Å². The normalized spacial score (nSPS) is 12.9. The number of alkyl halides is 1. The molecule has 0 rings (SSSR count). The second-order valence-corrected chi connectivity index (χ2v) is 2.91. The minimum absolute atomic E-state index is 0.223. The highest BCUT2D eigenvalue weighted by atomic mass is 35.5. The zero-order chi connectivity index (χ0) is 11.8. The number of nitrogens with one attached hydrogen (secondary N) is 1. The second kappa shape index (κ2) is 7.05. The maximum Gasteiger partial charge on any atom is 0.427 e. The Labute approximate surface area is 92.6 Å². The minimum Gasteiger partial charge on any atom is -0.465 e. The highest BCUT2D eigenvalue weighted by Crippen LogP contribution is 2.01. The summed E-state index contributed by atoms with van der Waals surface area (Å²) in [5, 5.41) is 2.55. The van der Waals surface area contributed by atoms with Crippen LogP contribution in [0.4, 0.5) is 4.79 Å². The van der Waals surface area contributed by atoms with Crippen molar-refractivity contribution in [3.05, 3.63) is 0 Å². The molecule has 7 heteroatoms. The summed E-state index contributed by atoms with van der Waals surface area (Å²) in [6.07, 6.45) is -0.734. The van der Waals surface area contributed by atoms with E-state index in [9.17, 15) is 9.59 Å². The van der Waals surface area contributed by atoms with Crippen molar-refractivity contribution >= 4 is 29.4 Å². The van der Waals surface area contributed by atoms with Crippen molar-refractivity contribution in [1.82, 2.24) is 5.43 Å². The summed E-state index contributed by atoms with van der Waals surface area (Å²) < 4.78 is 8.93. The molecule has 0 aliphatic rings. The van der Waals surface area contributed by atoms with Crippen LogP contribution in [0.3, 0.4) is 0 Å². The van der Waals surface area contributed by atoms with Crippen LogP contribution >= 0.6 is 11.6 Å². The minimum atomic E-state index is -1.01. The van der Waals surface area contributed by atoms with E-state index in [1.165, 1.54) is 14.0 Å². The number of hydrazone groups is 1. The predicted octanol–water partition coefficient (Wildman–Crippen LogP) is 0.889. The Hall–Kier alpha value is -1.30. The summed E-state index contributed by atoms with van der Waals surface area (Å²) in [5.41, 5.74) is 2.27. The van der Waals surface area contributed by atoms with Crippen molar-refractivity contribution in [3.8, 4) is 0 Å². The highest BCUT2D eigenvalue weighted by molar-refractivity contribution is 6.41. The van der Waals surface area contributed by atoms with Gasteiger partial charge in [-0.1, -0.05) is 0 Å². The van der Waals surface area contributed by atoms with Crippen molar-refractivity contribution in [1.29, 1.82) is 0 Å². The van der Waals surface area contributed by atoms with Crippen LogP contribution < -0.4 is 5.43 Å². The van der Waals surface area contributed by atoms with Gasteiger partial charge in [-0.3, -0.25) is 4.79 Å². The number of methoxy groups -OCH3 is 1. The van der Waals surface area contributed by atoms with E-state index >= 15 is 0 Å². The van der Waals surface area contributed by atoms with Gasteiger partial charge in [-0.25, -0.2) is 10.2 Å². The number of rotatable bonds is 4. The number of hydrogen-bond donors (Lipinski definition) is 1. The number of ether oxygens (including phenoxy) is 2. The lowest BCUT2D eigenvalue weighted by molar-refractivity contribution is -0.141. The molecular weight excluding hydrogens is 224 g/mol. The Morgan fingerprint density at radius 3 is 2.60 bits per heavy atom. The molecule has 0 aromatic heterocycles. The molecule has 0 spiro atoms. The molecular formula is C8H13ClN2O4. The van der Waals surface area contributed by atoms with E-state index in [1.54, 1.807) is 6.92 Å². The van der Waals surface area contributed by atoms with Crippen molar-refractivity contribution in [3.63, 3.8) is 0 Å². The molecule has 0 aromatic carbocycles. The van der Waals surface area contributed by atoms with Crippen LogP contribution in [0.5, 0.6) is 0 Å². The van der Waals surface area contributed by atoms with Gasteiger partial charge in [-0.05, 0) is 13.8 Å². The summed E-state index contributed by atoms with van der Waals surface area (Å²) >= 11 is 5.69. The Morgan fingerprint density at radius 2 is 2.13 bits per heavy atom. The number of carbonyl (C=O) groups is 2. The first-order chi connectivity index (χ1) is 7.02. The van der Waals surface area contributed by atoms with Gasteiger partial charge in [0.25, 0.3) is 0 Å². The van der Waals surface area contributed by atoms with Gasteiger partial charge in [0.15, 0.2) is 5.38 Å². The van der Waals surface area contributed by atoms with Crippen LogP contribution in [-0.4, -0.2) is 36.9 Å². The first-order valence-corrected chi connectivity index (χ1v) is 4.65. The van der Waals surface area contributed by atoms with Gasteiger partial charge >= 0.3 is 12.1 Å². The third-order valence-corrected chi connectivity index (χ3v) is 1.86. The van der Waals surface area contributed by atoms with Crippen molar-refractivity contribution in [2.45, 2.75) is 19.2 Å². The highest BCUT2D eigenvalue weighted by Gasteiger charge is 2.20. The standard InChI is InChI=1S/C8H13ClN2O4/c1-4-15-7(12)6(9)5(2)10-11-8(13)14-3/h6H,4H2,1-3H3,(H,11,13)/b10-5-/t6-/m1/s1. The van der Waals surface area contributed by atoms with E-state index in [2.05, 4.69) is 14.6 Å². The number of carbonyl (C=O) groups excluding carboxylic acids is 2. The first-order valence-electron chi connectivity index (χ1n) is 4.21. The monoisotopic (exact) mass is 236 g/mol. The second-order valence-electron chi connectivity index (χ2n) is 2.47. The summed E-state index contributed by atoms with van der Waals surface area (Å²) in [4.78, 5) is 21.8. The van der Waals surface area contributed by atoms with Gasteiger partial charge in [0.05, 0.1) is 19.4 Å². The van der Waals surface area contributed by atoms with Crippen LogP contribution in [0.15, 0.2) is 5.10 Å². The number of nitrogens with zero attached hydrogens (tertiary/aromatic N) is 1. The molecule has 1 atom stereocenters. The van der Waals surface area contributed by atoms with Gasteiger partial charge in [-0.2, -0.15) is 5.10 Å². The van der Waals surface area contributed by atoms with Crippen LogP contribution in [0.2, 0.25) is 0 Å². The van der Waals surface area contributed by atoms with Crippen LogP contribution in [0, 0.1) is 0 Å². The molecule has 0 radical (unpaired) electrons. The molecule has 0 aromatic rings. The maximum atomic E-state index is 11.1. The average Bonchev–Trinajstić information content (AvgIpc) is 2.24. The Bertz CT molecular complexity index is 267. The number of halogens is 1. The lowest BCUT2D eigenvalue weighted by Gasteiger charge is -2.07. The molecule has 0 fully saturated rings. The van der Waals surface area contributed by atoms with E-state index in [0.717, 1.165) is 0 Å². The zero-order valence-electron chi connectivity index (χ0n) is 8.74. The predicted molar refractivity (Wildman–Crippen MR) is 54.9 cm³/mol. The SMILES string of the molecule is CCOC(=O)[C@H](Cl)/C(C)=N\NC(=O)OC. The van der Waals surface area contributed by atoms with Gasteiger partial charge in [0.1, 0.15) is 0 Å². The van der Waals surface area contributed by atoms with Crippen LogP contribution in [0.25, 0.3) is 0 Å². The van der Waals surface area contributed by atoms with Crippen LogP contribution in [-0.2, 0) is 14.3 Å². The van der Waals surface area contributed by atoms with Gasteiger partial charge in [0.2, 0.25) is 0 Å². The fourth-order valence-corrected chi connectivity index (χ4v) is 0.734. The largest absolute Gasteiger partial charge is 0.465 e. The molecule has 6 nitrogen and oxygen atoms in total. The maximum absolute atomic E-state index is 11.1. The Balaban J connectivity index is 4.23. The van der Waals surface area contributed by atoms with E-state index < -0.39 is 17.4 Å². The van der Waals surface area contributed by atoms with Gasteiger partial charge in [0, 0.05) is 0 Å². The Kier molecular flexibility index (Phi) is 6.44. The smallest absolute Gasteiger partial charge is 0.427 e. The van der Waals surface area contributed by atoms with E-state index in [-0.39, 0.29) is 12.3 Å². The van der Waals surface area contributed by atoms with Gasteiger partial charge < -0.3 is 9.47 Å². The molecule has 0 saturated carbocycles. The summed E-state index contributed by atoms with van der Waals surface area (Å²) in [6.45, 7) is 3.39. The molecule has 0 unspecified atom stereocenters. The zero-order valence-corrected chi connectivity index (χ0v) is 9.50. The van der Waals surface area contributed by atoms with Gasteiger partial charge in [-0.15, -0.1) is 11.6 Å². The summed E-state index contributed by atoms with van der Waals surface area (Å²) in [6, 6.07) is 0. The van der Waals surface area contributed by atoms with Crippen LogP contribution in [0.1, 0.15) is 13.8 Å². The van der Waals surface area contributed by atoms with E-state index in [1.807, 2.05) is 5.43 Å². The van der Waals surface area contributed by atoms with Crippen molar-refractivity contribution < 1.29 is 19.1 Å². The quantitative estimate of drug-likeness (QED) is 0.340. The molecule has 0 heterocycles. The van der Waals surface area contributed by atoms with Crippen molar-refractivity contribution in [2.75, 3.05) is 13.7 Å². The summed E-state index contributed by atoms with van der Waals surface area (Å²) in [5.74, 6) is -0.605. The van der Waals surface area contributed by atoms with Crippen molar-refractivity contribution in [2.24, 2.45) is 5.10 Å². The molecule has 15 heavy (non-hydrogen) atoms.